The Morgan fingerprint density at radius 3 is 2.81 bits per heavy atom. The van der Waals surface area contributed by atoms with Gasteiger partial charge < -0.3 is 10.0 Å². The summed E-state index contributed by atoms with van der Waals surface area (Å²) in [6, 6.07) is 11.3. The summed E-state index contributed by atoms with van der Waals surface area (Å²) in [5.41, 5.74) is 3.00. The molecule has 0 spiro atoms. The molecule has 132 valence electrons. The van der Waals surface area contributed by atoms with Crippen LogP contribution in [0, 0.1) is 0 Å². The molecule has 0 radical (unpaired) electrons. The molecular weight excluding hydrogens is 330 g/mol. The highest BCUT2D eigenvalue weighted by molar-refractivity contribution is 5.78. The number of hydrogen-bond donors (Lipinski definition) is 1. The van der Waals surface area contributed by atoms with E-state index in [2.05, 4.69) is 15.1 Å². The monoisotopic (exact) mass is 349 g/mol. The average Bonchev–Trinajstić information content (AvgIpc) is 3.12. The van der Waals surface area contributed by atoms with E-state index < -0.39 is 6.10 Å². The molecule has 26 heavy (non-hydrogen) atoms. The van der Waals surface area contributed by atoms with Gasteiger partial charge in [-0.15, -0.1) is 0 Å². The Morgan fingerprint density at radius 2 is 2.04 bits per heavy atom. The third-order valence-corrected chi connectivity index (χ3v) is 4.51. The summed E-state index contributed by atoms with van der Waals surface area (Å²) in [6.45, 7) is 1.69. The van der Waals surface area contributed by atoms with Crippen molar-refractivity contribution in [2.24, 2.45) is 0 Å². The molecule has 3 heterocycles. The van der Waals surface area contributed by atoms with Crippen LogP contribution in [0.1, 0.15) is 28.7 Å². The van der Waals surface area contributed by atoms with E-state index in [0.29, 0.717) is 31.0 Å². The summed E-state index contributed by atoms with van der Waals surface area (Å²) in [4.78, 5) is 22.5. The van der Waals surface area contributed by atoms with E-state index in [1.807, 2.05) is 41.1 Å². The lowest BCUT2D eigenvalue weighted by atomic mass is 10.1. The quantitative estimate of drug-likeness (QED) is 0.768. The first kappa shape index (κ1) is 16.4. The summed E-state index contributed by atoms with van der Waals surface area (Å²) in [5.74, 6) is 0.0168. The Bertz CT molecular complexity index is 895. The number of amides is 1. The summed E-state index contributed by atoms with van der Waals surface area (Å²) >= 11 is 0. The lowest BCUT2D eigenvalue weighted by Crippen LogP contribution is -2.39. The molecule has 1 aliphatic rings. The van der Waals surface area contributed by atoms with Crippen molar-refractivity contribution in [1.29, 1.82) is 0 Å². The topological polar surface area (TPSA) is 84.1 Å². The lowest BCUT2D eigenvalue weighted by molar-refractivity contribution is -0.132. The molecule has 1 amide bonds. The number of benzene rings is 1. The van der Waals surface area contributed by atoms with Gasteiger partial charge in [0, 0.05) is 25.1 Å². The molecule has 0 saturated heterocycles. The van der Waals surface area contributed by atoms with E-state index in [0.717, 1.165) is 11.3 Å². The molecule has 7 heteroatoms. The fraction of sp³-hybridized carbons (Fsp3) is 0.263. The number of fused-ring (bicyclic) bond motifs is 1. The summed E-state index contributed by atoms with van der Waals surface area (Å²) in [5, 5.41) is 15.1. The SMILES string of the molecule is O=C(Cc1cnccn1)N1CCn2nc([C@H](O)c3ccccc3)cc2C1. The maximum absolute atomic E-state index is 12.5. The summed E-state index contributed by atoms with van der Waals surface area (Å²) in [7, 11) is 0. The van der Waals surface area contributed by atoms with Crippen LogP contribution >= 0.6 is 0 Å². The Balaban J connectivity index is 1.47. The second kappa shape index (κ2) is 7.05. The minimum Gasteiger partial charge on any atom is -0.382 e. The zero-order valence-corrected chi connectivity index (χ0v) is 14.2. The van der Waals surface area contributed by atoms with Gasteiger partial charge in [-0.25, -0.2) is 0 Å². The van der Waals surface area contributed by atoms with Gasteiger partial charge in [0.1, 0.15) is 6.10 Å². The highest BCUT2D eigenvalue weighted by Gasteiger charge is 2.24. The Hall–Kier alpha value is -3.06. The standard InChI is InChI=1S/C19H19N5O2/c25-18(10-15-12-20-6-7-21-15)23-8-9-24-16(13-23)11-17(22-24)19(26)14-4-2-1-3-5-14/h1-7,11-12,19,26H,8-10,13H2/t19-/m1/s1. The van der Waals surface area contributed by atoms with Gasteiger partial charge in [-0.05, 0) is 11.6 Å². The normalized spacial score (nSPS) is 14.7. The van der Waals surface area contributed by atoms with Crippen LogP contribution in [0.3, 0.4) is 0 Å². The van der Waals surface area contributed by atoms with E-state index in [-0.39, 0.29) is 12.3 Å². The predicted octanol–water partition coefficient (Wildman–Crippen LogP) is 1.34. The van der Waals surface area contributed by atoms with Crippen molar-refractivity contribution in [2.45, 2.75) is 25.6 Å². The van der Waals surface area contributed by atoms with Crippen molar-refractivity contribution in [2.75, 3.05) is 6.54 Å². The van der Waals surface area contributed by atoms with Crippen LogP contribution in [-0.2, 0) is 24.3 Å². The molecule has 1 aromatic carbocycles. The van der Waals surface area contributed by atoms with Crippen LogP contribution in [0.15, 0.2) is 55.0 Å². The van der Waals surface area contributed by atoms with Crippen LogP contribution < -0.4 is 0 Å². The summed E-state index contributed by atoms with van der Waals surface area (Å²) in [6.07, 6.45) is 4.26. The molecule has 3 aromatic rings. The van der Waals surface area contributed by atoms with Crippen LogP contribution in [0.5, 0.6) is 0 Å². The number of hydrogen-bond acceptors (Lipinski definition) is 5. The van der Waals surface area contributed by atoms with Gasteiger partial charge >= 0.3 is 0 Å². The van der Waals surface area contributed by atoms with Gasteiger partial charge in [0.25, 0.3) is 0 Å². The third-order valence-electron chi connectivity index (χ3n) is 4.51. The van der Waals surface area contributed by atoms with E-state index in [4.69, 9.17) is 0 Å². The number of aliphatic hydroxyl groups is 1. The molecule has 0 bridgehead atoms. The lowest BCUT2D eigenvalue weighted by Gasteiger charge is -2.27. The fourth-order valence-electron chi connectivity index (χ4n) is 3.13. The Kier molecular flexibility index (Phi) is 4.45. The van der Waals surface area contributed by atoms with Crippen molar-refractivity contribution < 1.29 is 9.90 Å². The molecule has 2 aromatic heterocycles. The van der Waals surface area contributed by atoms with Gasteiger partial charge in [0.2, 0.25) is 5.91 Å². The molecule has 1 aliphatic heterocycles. The molecule has 1 atom stereocenters. The van der Waals surface area contributed by atoms with E-state index in [1.54, 1.807) is 23.5 Å². The van der Waals surface area contributed by atoms with Crippen LogP contribution in [0.2, 0.25) is 0 Å². The number of aliphatic hydroxyl groups excluding tert-OH is 1. The highest BCUT2D eigenvalue weighted by Crippen LogP contribution is 2.23. The molecular formula is C19H19N5O2. The van der Waals surface area contributed by atoms with Gasteiger partial charge in [-0.3, -0.25) is 19.4 Å². The first-order valence-electron chi connectivity index (χ1n) is 8.53. The average molecular weight is 349 g/mol. The zero-order chi connectivity index (χ0) is 17.9. The van der Waals surface area contributed by atoms with E-state index >= 15 is 0 Å². The van der Waals surface area contributed by atoms with Crippen LogP contribution in [0.4, 0.5) is 0 Å². The van der Waals surface area contributed by atoms with Crippen molar-refractivity contribution in [3.05, 3.63) is 77.6 Å². The Labute approximate surface area is 150 Å². The number of carbonyl (C=O) groups is 1. The summed E-state index contributed by atoms with van der Waals surface area (Å²) < 4.78 is 1.87. The first-order chi connectivity index (χ1) is 12.7. The fourth-order valence-corrected chi connectivity index (χ4v) is 3.13. The second-order valence-corrected chi connectivity index (χ2v) is 6.29. The predicted molar refractivity (Wildman–Crippen MR) is 93.9 cm³/mol. The largest absolute Gasteiger partial charge is 0.382 e. The first-order valence-corrected chi connectivity index (χ1v) is 8.53. The van der Waals surface area contributed by atoms with Crippen molar-refractivity contribution in [1.82, 2.24) is 24.6 Å². The van der Waals surface area contributed by atoms with E-state index in [1.165, 1.54) is 0 Å². The molecule has 0 fully saturated rings. The van der Waals surface area contributed by atoms with Gasteiger partial charge in [-0.1, -0.05) is 30.3 Å². The molecule has 0 unspecified atom stereocenters. The van der Waals surface area contributed by atoms with Crippen molar-refractivity contribution in [3.8, 4) is 0 Å². The van der Waals surface area contributed by atoms with Crippen LogP contribution in [0.25, 0.3) is 0 Å². The van der Waals surface area contributed by atoms with E-state index in [9.17, 15) is 9.90 Å². The number of nitrogens with zero attached hydrogens (tertiary/aromatic N) is 5. The maximum atomic E-state index is 12.5. The van der Waals surface area contributed by atoms with Gasteiger partial charge in [0.15, 0.2) is 0 Å². The maximum Gasteiger partial charge on any atom is 0.229 e. The van der Waals surface area contributed by atoms with Crippen molar-refractivity contribution in [3.63, 3.8) is 0 Å². The highest BCUT2D eigenvalue weighted by atomic mass is 16.3. The minimum absolute atomic E-state index is 0.0168. The van der Waals surface area contributed by atoms with Crippen LogP contribution in [-0.4, -0.2) is 42.2 Å². The molecule has 1 N–H and O–H groups in total. The van der Waals surface area contributed by atoms with Gasteiger partial charge in [0.05, 0.1) is 36.6 Å². The number of carbonyl (C=O) groups excluding carboxylic acids is 1. The number of rotatable bonds is 4. The smallest absolute Gasteiger partial charge is 0.229 e. The molecule has 4 rings (SSSR count). The van der Waals surface area contributed by atoms with Gasteiger partial charge in [-0.2, -0.15) is 5.10 Å². The third kappa shape index (κ3) is 3.34. The molecule has 0 aliphatic carbocycles. The number of aromatic nitrogens is 4. The van der Waals surface area contributed by atoms with Crippen molar-refractivity contribution >= 4 is 5.91 Å². The molecule has 7 nitrogen and oxygen atoms in total. The minimum atomic E-state index is -0.766. The second-order valence-electron chi connectivity index (χ2n) is 6.29. The Morgan fingerprint density at radius 1 is 1.19 bits per heavy atom. The molecule has 0 saturated carbocycles. The zero-order valence-electron chi connectivity index (χ0n) is 14.2.